The van der Waals surface area contributed by atoms with Crippen molar-refractivity contribution in [3.05, 3.63) is 42.5 Å². The molecule has 0 saturated carbocycles. The number of primary amides is 1. The fraction of sp³-hybridized carbons (Fsp3) is 0.308. The summed E-state index contributed by atoms with van der Waals surface area (Å²) < 4.78 is 5.58. The van der Waals surface area contributed by atoms with Crippen LogP contribution < -0.4 is 10.5 Å². The van der Waals surface area contributed by atoms with Crippen LogP contribution in [0.1, 0.15) is 18.4 Å². The molecule has 0 atom stereocenters. The summed E-state index contributed by atoms with van der Waals surface area (Å²) in [6.45, 7) is 4.21. The Bertz CT molecular complexity index is 361. The molecule has 0 aliphatic carbocycles. The van der Waals surface area contributed by atoms with Crippen molar-refractivity contribution in [2.45, 2.75) is 19.3 Å². The summed E-state index contributed by atoms with van der Waals surface area (Å²) >= 11 is 0. The van der Waals surface area contributed by atoms with E-state index in [0.29, 0.717) is 19.4 Å². The van der Waals surface area contributed by atoms with Crippen LogP contribution in [0.3, 0.4) is 0 Å². The second kappa shape index (κ2) is 6.67. The van der Waals surface area contributed by atoms with Gasteiger partial charge in [-0.3, -0.25) is 4.79 Å². The van der Waals surface area contributed by atoms with Crippen LogP contribution in [0.4, 0.5) is 0 Å². The van der Waals surface area contributed by atoms with Crippen LogP contribution in [0.5, 0.6) is 5.75 Å². The van der Waals surface area contributed by atoms with Gasteiger partial charge in [-0.05, 0) is 24.5 Å². The highest BCUT2D eigenvalue weighted by atomic mass is 16.5. The summed E-state index contributed by atoms with van der Waals surface area (Å²) in [6.07, 6.45) is 3.64. The first-order valence-electron chi connectivity index (χ1n) is 5.34. The van der Waals surface area contributed by atoms with E-state index in [1.807, 2.05) is 30.3 Å². The zero-order chi connectivity index (χ0) is 11.8. The van der Waals surface area contributed by atoms with Crippen molar-refractivity contribution in [1.82, 2.24) is 0 Å². The van der Waals surface area contributed by atoms with Gasteiger partial charge in [0, 0.05) is 6.42 Å². The Morgan fingerprint density at radius 3 is 2.88 bits per heavy atom. The summed E-state index contributed by atoms with van der Waals surface area (Å²) in [6, 6.07) is 7.82. The fourth-order valence-electron chi connectivity index (χ4n) is 1.40. The lowest BCUT2D eigenvalue weighted by atomic mass is 10.1. The van der Waals surface area contributed by atoms with E-state index in [-0.39, 0.29) is 5.91 Å². The quantitative estimate of drug-likeness (QED) is 0.563. The minimum absolute atomic E-state index is 0.289. The lowest BCUT2D eigenvalue weighted by Gasteiger charge is -2.09. The Balaban J connectivity index is 2.46. The van der Waals surface area contributed by atoms with Gasteiger partial charge in [-0.25, -0.2) is 0 Å². The van der Waals surface area contributed by atoms with Gasteiger partial charge in [-0.1, -0.05) is 24.3 Å². The van der Waals surface area contributed by atoms with Crippen LogP contribution in [0, 0.1) is 0 Å². The molecule has 0 aromatic heterocycles. The van der Waals surface area contributed by atoms with Crippen LogP contribution in [0.25, 0.3) is 0 Å². The van der Waals surface area contributed by atoms with Crippen LogP contribution in [-0.2, 0) is 11.2 Å². The minimum atomic E-state index is -0.289. The molecule has 3 heteroatoms. The van der Waals surface area contributed by atoms with Crippen LogP contribution >= 0.6 is 0 Å². The molecule has 0 unspecified atom stereocenters. The Kier molecular flexibility index (Phi) is 5.12. The maximum Gasteiger partial charge on any atom is 0.217 e. The molecular formula is C13H17NO2. The topological polar surface area (TPSA) is 52.3 Å². The van der Waals surface area contributed by atoms with Crippen LogP contribution in [0.15, 0.2) is 36.9 Å². The maximum atomic E-state index is 10.5. The number of carbonyl (C=O) groups excluding carboxylic acids is 1. The van der Waals surface area contributed by atoms with Gasteiger partial charge in [-0.15, -0.1) is 6.58 Å². The number of hydrogen-bond donors (Lipinski definition) is 1. The molecule has 2 N–H and O–H groups in total. The van der Waals surface area contributed by atoms with E-state index in [0.717, 1.165) is 17.7 Å². The van der Waals surface area contributed by atoms with Gasteiger partial charge in [0.1, 0.15) is 5.75 Å². The Hall–Kier alpha value is -1.77. The van der Waals surface area contributed by atoms with Gasteiger partial charge in [0.05, 0.1) is 6.61 Å². The molecule has 0 spiro atoms. The summed E-state index contributed by atoms with van der Waals surface area (Å²) in [4.78, 5) is 10.5. The number of carbonyl (C=O) groups is 1. The van der Waals surface area contributed by atoms with Crippen molar-refractivity contribution in [2.24, 2.45) is 5.73 Å². The van der Waals surface area contributed by atoms with Gasteiger partial charge < -0.3 is 10.5 Å². The molecule has 1 aromatic rings. The van der Waals surface area contributed by atoms with Gasteiger partial charge >= 0.3 is 0 Å². The fourth-order valence-corrected chi connectivity index (χ4v) is 1.40. The number of para-hydroxylation sites is 1. The van der Waals surface area contributed by atoms with Crippen LogP contribution in [-0.4, -0.2) is 12.5 Å². The van der Waals surface area contributed by atoms with Crippen LogP contribution in [0.2, 0.25) is 0 Å². The summed E-state index contributed by atoms with van der Waals surface area (Å²) in [5.41, 5.74) is 6.15. The number of allylic oxidation sites excluding steroid dienone is 1. The monoisotopic (exact) mass is 219 g/mol. The van der Waals surface area contributed by atoms with Crippen molar-refractivity contribution in [3.63, 3.8) is 0 Å². The molecule has 0 aliphatic heterocycles. The number of nitrogens with two attached hydrogens (primary N) is 1. The third kappa shape index (κ3) is 4.17. The standard InChI is InChI=1S/C13H17NO2/c1-2-6-11-7-3-4-8-12(11)16-10-5-9-13(14)15/h2-4,7-8H,1,5-6,9-10H2,(H2,14,15). The van der Waals surface area contributed by atoms with Gasteiger partial charge in [0.25, 0.3) is 0 Å². The molecular weight excluding hydrogens is 202 g/mol. The Labute approximate surface area is 95.9 Å². The molecule has 0 fully saturated rings. The first-order valence-corrected chi connectivity index (χ1v) is 5.34. The summed E-state index contributed by atoms with van der Waals surface area (Å²) in [7, 11) is 0. The third-order valence-electron chi connectivity index (χ3n) is 2.16. The predicted molar refractivity (Wildman–Crippen MR) is 64.3 cm³/mol. The lowest BCUT2D eigenvalue weighted by Crippen LogP contribution is -2.12. The van der Waals surface area contributed by atoms with Crippen molar-refractivity contribution < 1.29 is 9.53 Å². The van der Waals surface area contributed by atoms with E-state index in [4.69, 9.17) is 10.5 Å². The molecule has 1 amide bonds. The molecule has 86 valence electrons. The highest BCUT2D eigenvalue weighted by Crippen LogP contribution is 2.18. The number of ether oxygens (including phenoxy) is 1. The number of amides is 1. The van der Waals surface area contributed by atoms with Crippen molar-refractivity contribution >= 4 is 5.91 Å². The molecule has 3 nitrogen and oxygen atoms in total. The molecule has 0 aliphatic rings. The second-order valence-electron chi connectivity index (χ2n) is 3.52. The lowest BCUT2D eigenvalue weighted by molar-refractivity contribution is -0.118. The maximum absolute atomic E-state index is 10.5. The average molecular weight is 219 g/mol. The SMILES string of the molecule is C=CCc1ccccc1OCCCC(N)=O. The smallest absolute Gasteiger partial charge is 0.217 e. The molecule has 0 bridgehead atoms. The second-order valence-corrected chi connectivity index (χ2v) is 3.52. The Morgan fingerprint density at radius 2 is 2.19 bits per heavy atom. The highest BCUT2D eigenvalue weighted by Gasteiger charge is 2.01. The average Bonchev–Trinajstić information content (AvgIpc) is 2.26. The van der Waals surface area contributed by atoms with E-state index >= 15 is 0 Å². The highest BCUT2D eigenvalue weighted by molar-refractivity contribution is 5.73. The van der Waals surface area contributed by atoms with Crippen molar-refractivity contribution in [2.75, 3.05) is 6.61 Å². The zero-order valence-electron chi connectivity index (χ0n) is 9.32. The van der Waals surface area contributed by atoms with Crippen molar-refractivity contribution in [1.29, 1.82) is 0 Å². The number of benzene rings is 1. The van der Waals surface area contributed by atoms with Gasteiger partial charge in [0.15, 0.2) is 0 Å². The normalized spacial score (nSPS) is 9.75. The summed E-state index contributed by atoms with van der Waals surface area (Å²) in [5, 5.41) is 0. The Morgan fingerprint density at radius 1 is 1.44 bits per heavy atom. The van der Waals surface area contributed by atoms with Gasteiger partial charge in [-0.2, -0.15) is 0 Å². The van der Waals surface area contributed by atoms with E-state index in [9.17, 15) is 4.79 Å². The van der Waals surface area contributed by atoms with E-state index in [2.05, 4.69) is 6.58 Å². The summed E-state index contributed by atoms with van der Waals surface area (Å²) in [5.74, 6) is 0.565. The molecule has 1 rings (SSSR count). The number of hydrogen-bond acceptors (Lipinski definition) is 2. The van der Waals surface area contributed by atoms with E-state index in [1.54, 1.807) is 0 Å². The predicted octanol–water partition coefficient (Wildman–Crippen LogP) is 2.06. The molecule has 16 heavy (non-hydrogen) atoms. The largest absolute Gasteiger partial charge is 0.493 e. The molecule has 0 saturated heterocycles. The van der Waals surface area contributed by atoms with E-state index < -0.39 is 0 Å². The zero-order valence-corrected chi connectivity index (χ0v) is 9.32. The first kappa shape index (κ1) is 12.3. The molecule has 1 aromatic carbocycles. The molecule has 0 radical (unpaired) electrons. The van der Waals surface area contributed by atoms with Gasteiger partial charge in [0.2, 0.25) is 5.91 Å². The first-order chi connectivity index (χ1) is 7.74. The minimum Gasteiger partial charge on any atom is -0.493 e. The number of rotatable bonds is 7. The third-order valence-corrected chi connectivity index (χ3v) is 2.16. The van der Waals surface area contributed by atoms with Crippen molar-refractivity contribution in [3.8, 4) is 5.75 Å². The van der Waals surface area contributed by atoms with E-state index in [1.165, 1.54) is 0 Å². The molecule has 0 heterocycles.